The topological polar surface area (TPSA) is 57.2 Å². The smallest absolute Gasteiger partial charge is 0.227 e. The molecule has 27 heavy (non-hydrogen) atoms. The molecule has 0 saturated carbocycles. The minimum Gasteiger partial charge on any atom is -0.361 e. The number of nitrogens with one attached hydrogen (secondary N) is 1. The van der Waals surface area contributed by atoms with Crippen LogP contribution in [0.15, 0.2) is 42.9 Å². The van der Waals surface area contributed by atoms with Crippen LogP contribution in [0, 0.1) is 0 Å². The summed E-state index contributed by atoms with van der Waals surface area (Å²) in [5.41, 5.74) is 3.61. The average molecular weight is 363 g/mol. The highest BCUT2D eigenvalue weighted by molar-refractivity contribution is 5.89. The number of hydrogen-bond donors (Lipinski definition) is 1. The molecule has 0 bridgehead atoms. The van der Waals surface area contributed by atoms with Crippen LogP contribution in [0.4, 0.5) is 0 Å². The van der Waals surface area contributed by atoms with Crippen LogP contribution in [0.2, 0.25) is 0 Å². The van der Waals surface area contributed by atoms with Gasteiger partial charge in [-0.3, -0.25) is 14.4 Å². The molecule has 4 heterocycles. The Balaban J connectivity index is 1.25. The molecular formula is C21H25N5O. The van der Waals surface area contributed by atoms with E-state index in [9.17, 15) is 4.79 Å². The summed E-state index contributed by atoms with van der Waals surface area (Å²) in [6.45, 7) is 3.76. The van der Waals surface area contributed by atoms with Crippen LogP contribution in [-0.4, -0.2) is 55.6 Å². The maximum atomic E-state index is 12.9. The molecule has 2 fully saturated rings. The fraction of sp³-hybridized carbons (Fsp3) is 0.429. The third-order valence-corrected chi connectivity index (χ3v) is 6.35. The molecule has 2 aromatic heterocycles. The first-order valence-corrected chi connectivity index (χ1v) is 9.68. The summed E-state index contributed by atoms with van der Waals surface area (Å²) in [6, 6.07) is 8.18. The highest BCUT2D eigenvalue weighted by atomic mass is 16.2. The summed E-state index contributed by atoms with van der Waals surface area (Å²) >= 11 is 0. The van der Waals surface area contributed by atoms with Crippen molar-refractivity contribution in [3.05, 3.63) is 54.0 Å². The van der Waals surface area contributed by atoms with Crippen molar-refractivity contribution in [2.24, 2.45) is 7.05 Å². The second-order valence-electron chi connectivity index (χ2n) is 8.02. The van der Waals surface area contributed by atoms with Crippen LogP contribution >= 0.6 is 0 Å². The van der Waals surface area contributed by atoms with Crippen LogP contribution in [0.25, 0.3) is 10.9 Å². The second kappa shape index (κ2) is 6.23. The molecule has 0 unspecified atom stereocenters. The Morgan fingerprint density at radius 1 is 1.26 bits per heavy atom. The summed E-state index contributed by atoms with van der Waals surface area (Å²) in [5.74, 6) is 0.241. The van der Waals surface area contributed by atoms with E-state index in [4.69, 9.17) is 0 Å². The van der Waals surface area contributed by atoms with E-state index in [0.29, 0.717) is 6.42 Å². The lowest BCUT2D eigenvalue weighted by Crippen LogP contribution is -2.60. The van der Waals surface area contributed by atoms with Gasteiger partial charge >= 0.3 is 0 Å². The predicted octanol–water partition coefficient (Wildman–Crippen LogP) is 2.32. The van der Waals surface area contributed by atoms with Crippen molar-refractivity contribution in [3.8, 4) is 0 Å². The van der Waals surface area contributed by atoms with Gasteiger partial charge in [0.25, 0.3) is 0 Å². The second-order valence-corrected chi connectivity index (χ2v) is 8.02. The molecule has 3 aromatic rings. The number of para-hydroxylation sites is 1. The molecule has 0 aliphatic carbocycles. The van der Waals surface area contributed by atoms with Gasteiger partial charge in [0.2, 0.25) is 5.91 Å². The van der Waals surface area contributed by atoms with E-state index < -0.39 is 0 Å². The first-order chi connectivity index (χ1) is 13.1. The van der Waals surface area contributed by atoms with Gasteiger partial charge in [-0.05, 0) is 24.5 Å². The number of rotatable bonds is 4. The molecule has 2 saturated heterocycles. The summed E-state index contributed by atoms with van der Waals surface area (Å²) in [5, 5.41) is 5.43. The number of likely N-dealkylation sites (tertiary alicyclic amines) is 2. The maximum Gasteiger partial charge on any atom is 0.227 e. The standard InChI is InChI=1S/C21H25N5O/c1-24-13-16(11-23-24)14-26-9-7-21(26)6-8-25(15-21)20(27)10-17-12-22-19-5-3-2-4-18(17)19/h2-5,11-13,22H,6-10,14-15H2,1H3/t21-/m1/s1. The van der Waals surface area contributed by atoms with E-state index in [-0.39, 0.29) is 11.4 Å². The van der Waals surface area contributed by atoms with Gasteiger partial charge in [-0.2, -0.15) is 5.10 Å². The van der Waals surface area contributed by atoms with E-state index in [1.54, 1.807) is 0 Å². The number of H-pyrrole nitrogens is 1. The zero-order chi connectivity index (χ0) is 18.4. The van der Waals surface area contributed by atoms with Gasteiger partial charge in [-0.1, -0.05) is 18.2 Å². The lowest BCUT2D eigenvalue weighted by molar-refractivity contribution is -0.130. The van der Waals surface area contributed by atoms with Gasteiger partial charge in [0.1, 0.15) is 0 Å². The molecule has 6 nitrogen and oxygen atoms in total. The Labute approximate surface area is 158 Å². The molecule has 0 radical (unpaired) electrons. The lowest BCUT2D eigenvalue weighted by atomic mass is 9.83. The van der Waals surface area contributed by atoms with Gasteiger partial charge in [0.15, 0.2) is 0 Å². The number of hydrogen-bond acceptors (Lipinski definition) is 3. The lowest BCUT2D eigenvalue weighted by Gasteiger charge is -2.50. The van der Waals surface area contributed by atoms with Gasteiger partial charge in [0.05, 0.1) is 12.6 Å². The van der Waals surface area contributed by atoms with E-state index >= 15 is 0 Å². The highest BCUT2D eigenvalue weighted by Crippen LogP contribution is 2.40. The number of aryl methyl sites for hydroxylation is 1. The Kier molecular flexibility index (Phi) is 3.82. The van der Waals surface area contributed by atoms with Crippen molar-refractivity contribution in [1.29, 1.82) is 0 Å². The minimum absolute atomic E-state index is 0.172. The molecule has 6 heteroatoms. The molecular weight excluding hydrogens is 338 g/mol. The Morgan fingerprint density at radius 3 is 2.89 bits per heavy atom. The Morgan fingerprint density at radius 2 is 2.11 bits per heavy atom. The number of carbonyl (C=O) groups is 1. The SMILES string of the molecule is Cn1cc(CN2CC[C@@]23CCN(C(=O)Cc2c[nH]c4ccccc24)C3)cn1. The van der Waals surface area contributed by atoms with Gasteiger partial charge in [-0.25, -0.2) is 0 Å². The average Bonchev–Trinajstić information content (AvgIpc) is 3.38. The van der Waals surface area contributed by atoms with E-state index in [0.717, 1.165) is 49.1 Å². The van der Waals surface area contributed by atoms with Crippen molar-refractivity contribution in [2.45, 2.75) is 31.3 Å². The molecule has 1 atom stereocenters. The fourth-order valence-electron chi connectivity index (χ4n) is 4.69. The summed E-state index contributed by atoms with van der Waals surface area (Å²) in [4.78, 5) is 20.8. The third kappa shape index (κ3) is 2.84. The predicted molar refractivity (Wildman–Crippen MR) is 104 cm³/mol. The van der Waals surface area contributed by atoms with Gasteiger partial charge in [-0.15, -0.1) is 0 Å². The molecule has 5 rings (SSSR count). The first-order valence-electron chi connectivity index (χ1n) is 9.68. The fourth-order valence-corrected chi connectivity index (χ4v) is 4.69. The summed E-state index contributed by atoms with van der Waals surface area (Å²) in [6.07, 6.45) is 8.74. The monoisotopic (exact) mass is 363 g/mol. The summed E-state index contributed by atoms with van der Waals surface area (Å²) < 4.78 is 1.85. The van der Waals surface area contributed by atoms with Gasteiger partial charge < -0.3 is 9.88 Å². The van der Waals surface area contributed by atoms with E-state index in [2.05, 4.69) is 38.2 Å². The van der Waals surface area contributed by atoms with Crippen molar-refractivity contribution in [2.75, 3.05) is 19.6 Å². The van der Waals surface area contributed by atoms with Crippen molar-refractivity contribution >= 4 is 16.8 Å². The van der Waals surface area contributed by atoms with E-state index in [1.807, 2.05) is 36.3 Å². The number of amides is 1. The quantitative estimate of drug-likeness (QED) is 0.774. The Bertz CT molecular complexity index is 989. The van der Waals surface area contributed by atoms with Crippen molar-refractivity contribution in [1.82, 2.24) is 24.6 Å². The largest absolute Gasteiger partial charge is 0.361 e. The highest BCUT2D eigenvalue weighted by Gasteiger charge is 2.49. The zero-order valence-corrected chi connectivity index (χ0v) is 15.7. The van der Waals surface area contributed by atoms with Crippen LogP contribution in [-0.2, 0) is 24.8 Å². The van der Waals surface area contributed by atoms with Crippen LogP contribution < -0.4 is 0 Å². The Hall–Kier alpha value is -2.60. The van der Waals surface area contributed by atoms with Crippen molar-refractivity contribution in [3.63, 3.8) is 0 Å². The van der Waals surface area contributed by atoms with Crippen LogP contribution in [0.5, 0.6) is 0 Å². The molecule has 1 N–H and O–H groups in total. The number of fused-ring (bicyclic) bond motifs is 1. The number of nitrogens with zero attached hydrogens (tertiary/aromatic N) is 4. The molecule has 2 aliphatic rings. The number of carbonyl (C=O) groups excluding carboxylic acids is 1. The molecule has 140 valence electrons. The maximum absolute atomic E-state index is 12.9. The zero-order valence-electron chi connectivity index (χ0n) is 15.7. The molecule has 1 amide bonds. The number of aromatic amines is 1. The van der Waals surface area contributed by atoms with Gasteiger partial charge in [0, 0.05) is 67.6 Å². The number of benzene rings is 1. The summed E-state index contributed by atoms with van der Waals surface area (Å²) in [7, 11) is 1.95. The van der Waals surface area contributed by atoms with Crippen LogP contribution in [0.1, 0.15) is 24.0 Å². The molecule has 2 aliphatic heterocycles. The van der Waals surface area contributed by atoms with E-state index in [1.165, 1.54) is 12.0 Å². The molecule has 1 aromatic carbocycles. The third-order valence-electron chi connectivity index (χ3n) is 6.35. The van der Waals surface area contributed by atoms with Crippen molar-refractivity contribution < 1.29 is 4.79 Å². The minimum atomic E-state index is 0.172. The van der Waals surface area contributed by atoms with Crippen LogP contribution in [0.3, 0.4) is 0 Å². The number of aromatic nitrogens is 3. The molecule has 1 spiro atoms. The normalized spacial score (nSPS) is 22.6. The first kappa shape index (κ1) is 16.6.